The zero-order valence-electron chi connectivity index (χ0n) is 13.9. The lowest BCUT2D eigenvalue weighted by Crippen LogP contribution is -2.40. The first-order valence-electron chi connectivity index (χ1n) is 7.62. The molecule has 0 aliphatic carbocycles. The number of halogens is 1. The van der Waals surface area contributed by atoms with Crippen LogP contribution in [0.3, 0.4) is 0 Å². The van der Waals surface area contributed by atoms with Crippen LogP contribution in [-0.2, 0) is 12.8 Å². The largest absolute Gasteiger partial charge is 0.469 e. The first-order valence-corrected chi connectivity index (χ1v) is 8.44. The summed E-state index contributed by atoms with van der Waals surface area (Å²) in [4.78, 5) is 12.5. The summed E-state index contributed by atoms with van der Waals surface area (Å²) < 4.78 is 5.33. The second-order valence-corrected chi connectivity index (χ2v) is 6.42. The summed E-state index contributed by atoms with van der Waals surface area (Å²) in [5.41, 5.74) is 0. The van der Waals surface area contributed by atoms with E-state index in [1.54, 1.807) is 17.6 Å². The van der Waals surface area contributed by atoms with E-state index in [0.29, 0.717) is 0 Å². The van der Waals surface area contributed by atoms with E-state index < -0.39 is 0 Å². The van der Waals surface area contributed by atoms with Crippen molar-refractivity contribution in [1.82, 2.24) is 15.2 Å². The maximum atomic E-state index is 5.33. The smallest absolute Gasteiger partial charge is 0.193 e. The van der Waals surface area contributed by atoms with Crippen LogP contribution in [-0.4, -0.2) is 42.5 Å². The molecule has 0 radical (unpaired) electrons. The van der Waals surface area contributed by atoms with Gasteiger partial charge in [0, 0.05) is 50.6 Å². The molecule has 0 spiro atoms. The van der Waals surface area contributed by atoms with Crippen LogP contribution in [0.25, 0.3) is 0 Å². The van der Waals surface area contributed by atoms with Crippen LogP contribution in [0.5, 0.6) is 0 Å². The van der Waals surface area contributed by atoms with Crippen molar-refractivity contribution >= 4 is 41.3 Å². The number of rotatable bonds is 7. The number of thiazole rings is 1. The Morgan fingerprint density at radius 1 is 1.43 bits per heavy atom. The molecule has 0 saturated heterocycles. The molecule has 2 aromatic heterocycles. The minimum atomic E-state index is 0. The van der Waals surface area contributed by atoms with Gasteiger partial charge >= 0.3 is 0 Å². The molecular formula is C16H25IN4OS. The monoisotopic (exact) mass is 448 g/mol. The second kappa shape index (κ2) is 10.6. The fourth-order valence-electron chi connectivity index (χ4n) is 2.08. The van der Waals surface area contributed by atoms with Gasteiger partial charge in [-0.1, -0.05) is 0 Å². The summed E-state index contributed by atoms with van der Waals surface area (Å²) in [6.07, 6.45) is 5.40. The maximum Gasteiger partial charge on any atom is 0.193 e. The molecule has 0 amide bonds. The molecule has 0 unspecified atom stereocenters. The Bertz CT molecular complexity index is 583. The second-order valence-electron chi connectivity index (χ2n) is 5.10. The number of guanidine groups is 1. The molecule has 5 nitrogen and oxygen atoms in total. The standard InChI is InChI=1S/C16H24N4OS.HI/c1-4-17-16(18-9-7-14-6-5-11-21-14)20(3)10-8-15-19-12-13(2)22-15;/h5-6,11-12H,4,7-10H2,1-3H3,(H,17,18);1H. The average molecular weight is 448 g/mol. The van der Waals surface area contributed by atoms with Gasteiger partial charge in [-0.3, -0.25) is 4.99 Å². The number of likely N-dealkylation sites (N-methyl/N-ethyl adjacent to an activating group) is 1. The highest BCUT2D eigenvalue weighted by molar-refractivity contribution is 14.0. The normalized spacial score (nSPS) is 11.2. The molecule has 0 fully saturated rings. The molecular weight excluding hydrogens is 423 g/mol. The first kappa shape index (κ1) is 20.0. The van der Waals surface area contributed by atoms with E-state index in [9.17, 15) is 0 Å². The molecule has 0 aliphatic heterocycles. The summed E-state index contributed by atoms with van der Waals surface area (Å²) in [6, 6.07) is 3.89. The molecule has 0 aromatic carbocycles. The third-order valence-electron chi connectivity index (χ3n) is 3.23. The fourth-order valence-corrected chi connectivity index (χ4v) is 2.86. The lowest BCUT2D eigenvalue weighted by molar-refractivity contribution is 0.481. The summed E-state index contributed by atoms with van der Waals surface area (Å²) in [7, 11) is 2.06. The summed E-state index contributed by atoms with van der Waals surface area (Å²) in [5.74, 6) is 1.91. The molecule has 1 N–H and O–H groups in total. The van der Waals surface area contributed by atoms with Gasteiger partial charge in [0.2, 0.25) is 0 Å². The van der Waals surface area contributed by atoms with Crippen molar-refractivity contribution in [2.75, 3.05) is 26.7 Å². The molecule has 23 heavy (non-hydrogen) atoms. The van der Waals surface area contributed by atoms with Crippen molar-refractivity contribution < 1.29 is 4.42 Å². The Morgan fingerprint density at radius 2 is 2.26 bits per heavy atom. The van der Waals surface area contributed by atoms with Crippen molar-refractivity contribution in [3.63, 3.8) is 0 Å². The average Bonchev–Trinajstić information content (AvgIpc) is 3.15. The lowest BCUT2D eigenvalue weighted by atomic mass is 10.3. The van der Waals surface area contributed by atoms with Gasteiger partial charge in [-0.25, -0.2) is 4.98 Å². The van der Waals surface area contributed by atoms with Crippen LogP contribution >= 0.6 is 35.3 Å². The van der Waals surface area contributed by atoms with Crippen molar-refractivity contribution in [1.29, 1.82) is 0 Å². The van der Waals surface area contributed by atoms with Gasteiger partial charge in [0.15, 0.2) is 5.96 Å². The molecule has 0 saturated carbocycles. The number of nitrogens with one attached hydrogen (secondary N) is 1. The van der Waals surface area contributed by atoms with Crippen LogP contribution in [0, 0.1) is 6.92 Å². The van der Waals surface area contributed by atoms with E-state index >= 15 is 0 Å². The summed E-state index contributed by atoms with van der Waals surface area (Å²) in [5, 5.41) is 4.51. The Balaban J connectivity index is 0.00000264. The zero-order valence-corrected chi connectivity index (χ0v) is 17.1. The summed E-state index contributed by atoms with van der Waals surface area (Å²) >= 11 is 1.76. The quantitative estimate of drug-likeness (QED) is 0.401. The highest BCUT2D eigenvalue weighted by atomic mass is 127. The van der Waals surface area contributed by atoms with Gasteiger partial charge in [-0.2, -0.15) is 0 Å². The van der Waals surface area contributed by atoms with E-state index in [-0.39, 0.29) is 24.0 Å². The van der Waals surface area contributed by atoms with Crippen LogP contribution in [0.15, 0.2) is 34.0 Å². The topological polar surface area (TPSA) is 53.7 Å². The number of aliphatic imine (C=N–C) groups is 1. The third kappa shape index (κ3) is 6.90. The van der Waals surface area contributed by atoms with Gasteiger partial charge in [-0.15, -0.1) is 35.3 Å². The van der Waals surface area contributed by atoms with E-state index in [1.807, 2.05) is 18.3 Å². The van der Waals surface area contributed by atoms with Crippen molar-refractivity contribution in [2.45, 2.75) is 26.7 Å². The highest BCUT2D eigenvalue weighted by Gasteiger charge is 2.07. The molecule has 0 atom stereocenters. The Hall–Kier alpha value is -1.09. The minimum Gasteiger partial charge on any atom is -0.469 e. The van der Waals surface area contributed by atoms with Crippen molar-refractivity contribution in [3.8, 4) is 0 Å². The van der Waals surface area contributed by atoms with Gasteiger partial charge < -0.3 is 14.6 Å². The maximum absolute atomic E-state index is 5.33. The number of furan rings is 1. The van der Waals surface area contributed by atoms with Crippen molar-refractivity contribution in [3.05, 3.63) is 40.2 Å². The van der Waals surface area contributed by atoms with Gasteiger partial charge in [0.1, 0.15) is 5.76 Å². The predicted molar refractivity (Wildman–Crippen MR) is 107 cm³/mol. The fraction of sp³-hybridized carbons (Fsp3) is 0.500. The number of hydrogen-bond acceptors (Lipinski definition) is 4. The summed E-state index contributed by atoms with van der Waals surface area (Å²) in [6.45, 7) is 6.65. The van der Waals surface area contributed by atoms with Crippen molar-refractivity contribution in [2.24, 2.45) is 4.99 Å². The van der Waals surface area contributed by atoms with Crippen LogP contribution < -0.4 is 5.32 Å². The molecule has 0 bridgehead atoms. The Labute approximate surface area is 159 Å². The Kier molecular flexibility index (Phi) is 9.23. The SMILES string of the molecule is CCNC(=NCCc1ccco1)N(C)CCc1ncc(C)s1.I. The molecule has 0 aliphatic rings. The number of aryl methyl sites for hydroxylation is 1. The minimum absolute atomic E-state index is 0. The van der Waals surface area contributed by atoms with Gasteiger partial charge in [-0.05, 0) is 26.0 Å². The zero-order chi connectivity index (χ0) is 15.8. The predicted octanol–water partition coefficient (Wildman–Crippen LogP) is 3.35. The Morgan fingerprint density at radius 3 is 2.87 bits per heavy atom. The van der Waals surface area contributed by atoms with E-state index in [4.69, 9.17) is 4.42 Å². The van der Waals surface area contributed by atoms with Crippen LogP contribution in [0.1, 0.15) is 22.6 Å². The molecule has 128 valence electrons. The highest BCUT2D eigenvalue weighted by Crippen LogP contribution is 2.11. The molecule has 2 heterocycles. The van der Waals surface area contributed by atoms with Gasteiger partial charge in [0.05, 0.1) is 11.3 Å². The van der Waals surface area contributed by atoms with E-state index in [2.05, 4.69) is 41.1 Å². The van der Waals surface area contributed by atoms with Gasteiger partial charge in [0.25, 0.3) is 0 Å². The third-order valence-corrected chi connectivity index (χ3v) is 4.20. The number of hydrogen-bond donors (Lipinski definition) is 1. The number of nitrogens with zero attached hydrogens (tertiary/aromatic N) is 3. The number of aromatic nitrogens is 1. The lowest BCUT2D eigenvalue weighted by Gasteiger charge is -2.21. The molecule has 2 aromatic rings. The van der Waals surface area contributed by atoms with E-state index in [0.717, 1.165) is 44.2 Å². The molecule has 7 heteroatoms. The van der Waals surface area contributed by atoms with Crippen LogP contribution in [0.2, 0.25) is 0 Å². The van der Waals surface area contributed by atoms with Crippen LogP contribution in [0.4, 0.5) is 0 Å². The molecule has 2 rings (SSSR count). The van der Waals surface area contributed by atoms with E-state index in [1.165, 1.54) is 9.88 Å². The first-order chi connectivity index (χ1) is 10.7.